The van der Waals surface area contributed by atoms with E-state index in [2.05, 4.69) is 167 Å². The number of fused-ring (bicyclic) bond motifs is 6. The van der Waals surface area contributed by atoms with Crippen LogP contribution in [0.2, 0.25) is 0 Å². The highest BCUT2D eigenvalue weighted by atomic mass is 16.5. The number of para-hydroxylation sites is 4. The van der Waals surface area contributed by atoms with Crippen LogP contribution in [0, 0.1) is 0 Å². The lowest BCUT2D eigenvalue weighted by Gasteiger charge is -2.22. The van der Waals surface area contributed by atoms with Crippen molar-refractivity contribution in [3.05, 3.63) is 176 Å². The molecule has 1 aliphatic heterocycles. The van der Waals surface area contributed by atoms with E-state index in [1.165, 1.54) is 27.3 Å². The van der Waals surface area contributed by atoms with Crippen LogP contribution in [0.15, 0.2) is 176 Å². The van der Waals surface area contributed by atoms with Crippen molar-refractivity contribution in [2.75, 3.05) is 0 Å². The molecular weight excluding hydrogens is 623 g/mol. The molecule has 0 aliphatic carbocycles. The van der Waals surface area contributed by atoms with Gasteiger partial charge >= 0.3 is 0 Å². The fraction of sp³-hybridized carbons (Fsp3) is 0. The minimum atomic E-state index is 0.900. The third-order valence-electron chi connectivity index (χ3n) is 10.3. The average molecular weight is 652 g/mol. The van der Waals surface area contributed by atoms with Gasteiger partial charge in [-0.1, -0.05) is 121 Å². The Bertz CT molecular complexity index is 2990. The lowest BCUT2D eigenvalue weighted by Crippen LogP contribution is -1.99. The molecule has 8 aromatic carbocycles. The number of rotatable bonds is 4. The van der Waals surface area contributed by atoms with Gasteiger partial charge in [0.05, 0.1) is 22.1 Å². The van der Waals surface area contributed by atoms with E-state index in [-0.39, 0.29) is 0 Å². The quantitative estimate of drug-likeness (QED) is 0.190. The van der Waals surface area contributed by atoms with Crippen LogP contribution in [0.4, 0.5) is 0 Å². The Labute approximate surface area is 294 Å². The fourth-order valence-corrected chi connectivity index (χ4v) is 8.07. The Kier molecular flexibility index (Phi) is 5.92. The molecule has 51 heavy (non-hydrogen) atoms. The van der Waals surface area contributed by atoms with E-state index in [0.29, 0.717) is 0 Å². The summed E-state index contributed by atoms with van der Waals surface area (Å²) >= 11 is 0. The summed E-state index contributed by atoms with van der Waals surface area (Å²) in [5.74, 6) is 2.73. The molecule has 0 atom stereocenters. The maximum absolute atomic E-state index is 6.42. The second-order valence-corrected chi connectivity index (χ2v) is 13.2. The van der Waals surface area contributed by atoms with Gasteiger partial charge in [0, 0.05) is 38.7 Å². The molecule has 2 aromatic heterocycles. The monoisotopic (exact) mass is 651 g/mol. The van der Waals surface area contributed by atoms with Gasteiger partial charge in [-0.2, -0.15) is 0 Å². The van der Waals surface area contributed by atoms with Crippen LogP contribution in [0.5, 0.6) is 11.5 Å². The number of hydrogen-bond acceptors (Lipinski definition) is 2. The Hall–Kier alpha value is -6.91. The molecule has 0 spiro atoms. The Morgan fingerprint density at radius 3 is 2.00 bits per heavy atom. The zero-order valence-electron chi connectivity index (χ0n) is 27.5. The highest BCUT2D eigenvalue weighted by Gasteiger charge is 2.22. The van der Waals surface area contributed by atoms with Crippen molar-refractivity contribution in [3.8, 4) is 56.5 Å². The molecule has 0 saturated heterocycles. The summed E-state index contributed by atoms with van der Waals surface area (Å²) in [5, 5.41) is 4.76. The highest BCUT2D eigenvalue weighted by Crippen LogP contribution is 2.49. The van der Waals surface area contributed by atoms with Gasteiger partial charge < -0.3 is 9.30 Å². The van der Waals surface area contributed by atoms with Crippen LogP contribution in [0.3, 0.4) is 0 Å². The molecule has 0 radical (unpaired) electrons. The van der Waals surface area contributed by atoms with Gasteiger partial charge in [0.15, 0.2) is 0 Å². The maximum atomic E-state index is 6.42. The van der Waals surface area contributed by atoms with Gasteiger partial charge in [-0.05, 0) is 76.7 Å². The first kappa shape index (κ1) is 28.0. The molecule has 10 aromatic rings. The van der Waals surface area contributed by atoms with Gasteiger partial charge in [-0.25, -0.2) is 4.98 Å². The number of hydrogen-bond donors (Lipinski definition) is 0. The van der Waals surface area contributed by atoms with Gasteiger partial charge in [0.1, 0.15) is 17.3 Å². The van der Waals surface area contributed by atoms with Crippen molar-refractivity contribution >= 4 is 43.6 Å². The van der Waals surface area contributed by atoms with E-state index in [4.69, 9.17) is 9.72 Å². The van der Waals surface area contributed by atoms with Crippen molar-refractivity contribution in [1.29, 1.82) is 0 Å². The van der Waals surface area contributed by atoms with E-state index in [1.54, 1.807) is 0 Å². The highest BCUT2D eigenvalue weighted by molar-refractivity contribution is 6.13. The van der Waals surface area contributed by atoms with Crippen LogP contribution in [0.25, 0.3) is 88.6 Å². The molecule has 0 saturated carbocycles. The normalized spacial score (nSPS) is 12.1. The Balaban J connectivity index is 1.16. The molecule has 0 amide bonds. The van der Waals surface area contributed by atoms with E-state index >= 15 is 0 Å². The molecule has 0 bridgehead atoms. The molecule has 0 unspecified atom stereocenters. The molecule has 11 rings (SSSR count). The summed E-state index contributed by atoms with van der Waals surface area (Å²) in [5.41, 5.74) is 12.3. The Morgan fingerprint density at radius 1 is 0.392 bits per heavy atom. The zero-order valence-corrected chi connectivity index (χ0v) is 27.5. The average Bonchev–Trinajstić information content (AvgIpc) is 3.74. The second-order valence-electron chi connectivity index (χ2n) is 13.2. The molecule has 1 aliphatic rings. The SMILES string of the molecule is c1ccc(-c2nc3ccccc3n2-c2ccc3c4ccc(-c5ccc6c7c(cccc57)-c5ccccc5O6)cc4n(-c4ccccc4)c3c2)cc1. The molecule has 4 heteroatoms. The number of imidazole rings is 1. The smallest absolute Gasteiger partial charge is 0.145 e. The van der Waals surface area contributed by atoms with E-state index in [0.717, 1.165) is 72.8 Å². The molecule has 0 fully saturated rings. The minimum absolute atomic E-state index is 0.900. The Morgan fingerprint density at radius 2 is 1.12 bits per heavy atom. The van der Waals surface area contributed by atoms with Crippen molar-refractivity contribution < 1.29 is 4.74 Å². The van der Waals surface area contributed by atoms with Gasteiger partial charge in [0.2, 0.25) is 0 Å². The molecule has 0 N–H and O–H groups in total. The number of nitrogens with zero attached hydrogens (tertiary/aromatic N) is 3. The standard InChI is InChI=1S/C47H29N3O/c1-3-12-30(13-4-1)47-48-40-19-8-9-20-41(40)50(47)33-23-25-36-35-24-22-31(28-42(35)49(43(36)29-33)32-14-5-2-6-15-32)34-26-27-45-46-38(34)17-11-18-39(46)37-16-7-10-21-44(37)51-45/h1-29H. The first-order valence-electron chi connectivity index (χ1n) is 17.3. The molecule has 3 heterocycles. The predicted octanol–water partition coefficient (Wildman–Crippen LogP) is 12.4. The third-order valence-corrected chi connectivity index (χ3v) is 10.3. The second kappa shape index (κ2) is 10.8. The van der Waals surface area contributed by atoms with E-state index in [9.17, 15) is 0 Å². The lowest BCUT2D eigenvalue weighted by atomic mass is 9.90. The van der Waals surface area contributed by atoms with Crippen molar-refractivity contribution in [2.45, 2.75) is 0 Å². The maximum Gasteiger partial charge on any atom is 0.145 e. The topological polar surface area (TPSA) is 32.0 Å². The largest absolute Gasteiger partial charge is 0.456 e. The van der Waals surface area contributed by atoms with Gasteiger partial charge in [-0.3, -0.25) is 4.57 Å². The van der Waals surface area contributed by atoms with Crippen LogP contribution >= 0.6 is 0 Å². The van der Waals surface area contributed by atoms with Crippen LogP contribution in [-0.2, 0) is 0 Å². The number of benzene rings is 8. The molecule has 238 valence electrons. The first-order valence-corrected chi connectivity index (χ1v) is 17.3. The van der Waals surface area contributed by atoms with Gasteiger partial charge in [-0.15, -0.1) is 0 Å². The lowest BCUT2D eigenvalue weighted by molar-refractivity contribution is 0.487. The number of aromatic nitrogens is 3. The van der Waals surface area contributed by atoms with Crippen molar-refractivity contribution in [2.24, 2.45) is 0 Å². The van der Waals surface area contributed by atoms with Gasteiger partial charge in [0.25, 0.3) is 0 Å². The summed E-state index contributed by atoms with van der Waals surface area (Å²) in [6.45, 7) is 0. The fourth-order valence-electron chi connectivity index (χ4n) is 8.07. The van der Waals surface area contributed by atoms with Crippen LogP contribution in [0.1, 0.15) is 0 Å². The zero-order chi connectivity index (χ0) is 33.5. The summed E-state index contributed by atoms with van der Waals surface area (Å²) in [4.78, 5) is 5.12. The summed E-state index contributed by atoms with van der Waals surface area (Å²) in [6.07, 6.45) is 0. The number of ether oxygens (including phenoxy) is 1. The third kappa shape index (κ3) is 4.17. The van der Waals surface area contributed by atoms with Crippen molar-refractivity contribution in [1.82, 2.24) is 14.1 Å². The van der Waals surface area contributed by atoms with Crippen LogP contribution in [-0.4, -0.2) is 14.1 Å². The molecular formula is C47H29N3O. The summed E-state index contributed by atoms with van der Waals surface area (Å²) < 4.78 is 11.1. The van der Waals surface area contributed by atoms with E-state index < -0.39 is 0 Å². The van der Waals surface area contributed by atoms with Crippen molar-refractivity contribution in [3.63, 3.8) is 0 Å². The minimum Gasteiger partial charge on any atom is -0.456 e. The van der Waals surface area contributed by atoms with E-state index in [1.807, 2.05) is 18.2 Å². The van der Waals surface area contributed by atoms with Crippen LogP contribution < -0.4 is 4.74 Å². The summed E-state index contributed by atoms with van der Waals surface area (Å²) in [6, 6.07) is 62.5. The predicted molar refractivity (Wildman–Crippen MR) is 209 cm³/mol. The molecule has 4 nitrogen and oxygen atoms in total. The first-order chi connectivity index (χ1) is 25.3. The summed E-state index contributed by atoms with van der Waals surface area (Å²) in [7, 11) is 0.